The van der Waals surface area contributed by atoms with E-state index in [9.17, 15) is 0 Å². The summed E-state index contributed by atoms with van der Waals surface area (Å²) in [6.45, 7) is 6.60. The van der Waals surface area contributed by atoms with Gasteiger partial charge in [-0.25, -0.2) is 0 Å². The maximum absolute atomic E-state index is 5.40. The number of nitrogens with one attached hydrogen (secondary N) is 1. The minimum Gasteiger partial charge on any atom is -0.271 e. The second-order valence-corrected chi connectivity index (χ2v) is 4.37. The Hall–Kier alpha value is -0.520. The molecular weight excluding hydrogens is 148 g/mol. The average Bonchev–Trinajstić information content (AvgIpc) is 1.95. The van der Waals surface area contributed by atoms with E-state index in [1.807, 2.05) is 0 Å². The van der Waals surface area contributed by atoms with Gasteiger partial charge >= 0.3 is 0 Å². The van der Waals surface area contributed by atoms with Crippen LogP contribution in [0.4, 0.5) is 0 Å². The first-order valence-electron chi connectivity index (χ1n) is 4.39. The molecule has 70 valence electrons. The molecule has 0 aliphatic carbocycles. The summed E-state index contributed by atoms with van der Waals surface area (Å²) in [5, 5.41) is 0. The molecule has 0 fully saturated rings. The van der Waals surface area contributed by atoms with E-state index >= 15 is 0 Å². The van der Waals surface area contributed by atoms with Gasteiger partial charge in [0.25, 0.3) is 0 Å². The van der Waals surface area contributed by atoms with Crippen LogP contribution in [0, 0.1) is 17.8 Å². The summed E-state index contributed by atoms with van der Waals surface area (Å²) < 4.78 is 0. The molecule has 3 N–H and O–H groups in total. The van der Waals surface area contributed by atoms with E-state index in [2.05, 4.69) is 32.1 Å². The number of rotatable bonds is 4. The van der Waals surface area contributed by atoms with Gasteiger partial charge in [-0.15, -0.1) is 12.3 Å². The van der Waals surface area contributed by atoms with Crippen molar-refractivity contribution in [2.75, 3.05) is 0 Å². The highest BCUT2D eigenvalue weighted by Gasteiger charge is 2.16. The van der Waals surface area contributed by atoms with Crippen molar-refractivity contribution in [1.82, 2.24) is 5.43 Å². The predicted octanol–water partition coefficient (Wildman–Crippen LogP) is 1.67. The fraction of sp³-hybridized carbons (Fsp3) is 0.800. The fourth-order valence-corrected chi connectivity index (χ4v) is 1.24. The van der Waals surface area contributed by atoms with Crippen molar-refractivity contribution in [2.45, 2.75) is 46.1 Å². The largest absolute Gasteiger partial charge is 0.271 e. The predicted molar refractivity (Wildman–Crippen MR) is 53.3 cm³/mol. The zero-order valence-electron chi connectivity index (χ0n) is 8.35. The van der Waals surface area contributed by atoms with Crippen LogP contribution in [0.1, 0.15) is 40.0 Å². The van der Waals surface area contributed by atoms with Crippen LogP contribution < -0.4 is 11.3 Å². The van der Waals surface area contributed by atoms with Crippen LogP contribution in [0.3, 0.4) is 0 Å². The van der Waals surface area contributed by atoms with Crippen molar-refractivity contribution in [3.8, 4) is 12.3 Å². The molecule has 0 aliphatic rings. The van der Waals surface area contributed by atoms with Crippen molar-refractivity contribution < 1.29 is 0 Å². The number of terminal acetylenes is 1. The molecule has 12 heavy (non-hydrogen) atoms. The molecule has 1 unspecified atom stereocenters. The molecule has 0 rings (SSSR count). The van der Waals surface area contributed by atoms with E-state index in [0.29, 0.717) is 11.5 Å². The highest BCUT2D eigenvalue weighted by molar-refractivity contribution is 4.86. The fourth-order valence-electron chi connectivity index (χ4n) is 1.24. The molecule has 0 aromatic carbocycles. The molecule has 0 bridgehead atoms. The quantitative estimate of drug-likeness (QED) is 0.381. The number of hydrazine groups is 1. The Morgan fingerprint density at radius 2 is 2.08 bits per heavy atom. The molecule has 0 aromatic heterocycles. The number of hydrogen-bond acceptors (Lipinski definition) is 2. The van der Waals surface area contributed by atoms with E-state index in [4.69, 9.17) is 12.3 Å². The Bertz CT molecular complexity index is 150. The van der Waals surface area contributed by atoms with Gasteiger partial charge < -0.3 is 0 Å². The van der Waals surface area contributed by atoms with Gasteiger partial charge in [0.1, 0.15) is 0 Å². The molecule has 0 amide bonds. The molecule has 0 aliphatic heterocycles. The highest BCUT2D eigenvalue weighted by atomic mass is 15.2. The Balaban J connectivity index is 3.77. The Morgan fingerprint density at radius 3 is 2.42 bits per heavy atom. The first-order chi connectivity index (χ1) is 5.49. The van der Waals surface area contributed by atoms with Gasteiger partial charge in [0.05, 0.1) is 0 Å². The zero-order chi connectivity index (χ0) is 9.61. The molecule has 0 spiro atoms. The second kappa shape index (κ2) is 5.18. The van der Waals surface area contributed by atoms with Crippen LogP contribution in [0.25, 0.3) is 0 Å². The van der Waals surface area contributed by atoms with Crippen LogP contribution >= 0.6 is 0 Å². The number of hydrogen-bond donors (Lipinski definition) is 2. The third-order valence-corrected chi connectivity index (χ3v) is 1.73. The molecule has 0 radical (unpaired) electrons. The Kier molecular flexibility index (Phi) is 4.96. The van der Waals surface area contributed by atoms with E-state index in [1.54, 1.807) is 0 Å². The summed E-state index contributed by atoms with van der Waals surface area (Å²) in [4.78, 5) is 0. The lowest BCUT2D eigenvalue weighted by molar-refractivity contribution is 0.301. The Morgan fingerprint density at radius 1 is 1.50 bits per heavy atom. The van der Waals surface area contributed by atoms with Crippen molar-refractivity contribution in [3.05, 3.63) is 0 Å². The summed E-state index contributed by atoms with van der Waals surface area (Å²) in [7, 11) is 0. The molecule has 0 saturated carbocycles. The molecule has 2 heteroatoms. The van der Waals surface area contributed by atoms with Gasteiger partial charge in [-0.3, -0.25) is 11.3 Å². The summed E-state index contributed by atoms with van der Waals surface area (Å²) in [5.74, 6) is 8.02. The molecule has 0 saturated heterocycles. The van der Waals surface area contributed by atoms with Crippen molar-refractivity contribution in [3.63, 3.8) is 0 Å². The second-order valence-electron chi connectivity index (χ2n) is 4.37. The normalized spacial score (nSPS) is 13.9. The first-order valence-corrected chi connectivity index (χ1v) is 4.39. The van der Waals surface area contributed by atoms with Crippen molar-refractivity contribution in [1.29, 1.82) is 0 Å². The molecule has 0 aromatic rings. The van der Waals surface area contributed by atoms with Gasteiger partial charge in [0.2, 0.25) is 0 Å². The van der Waals surface area contributed by atoms with Gasteiger partial charge in [-0.05, 0) is 18.3 Å². The zero-order valence-corrected chi connectivity index (χ0v) is 8.35. The van der Waals surface area contributed by atoms with Gasteiger partial charge in [0.15, 0.2) is 0 Å². The lowest BCUT2D eigenvalue weighted by atomic mass is 9.87. The highest BCUT2D eigenvalue weighted by Crippen LogP contribution is 2.22. The number of nitrogens with two attached hydrogens (primary N) is 1. The van der Waals surface area contributed by atoms with E-state index in [-0.39, 0.29) is 0 Å². The lowest BCUT2D eigenvalue weighted by Gasteiger charge is -2.24. The monoisotopic (exact) mass is 168 g/mol. The van der Waals surface area contributed by atoms with Gasteiger partial charge in [-0.2, -0.15) is 0 Å². The lowest BCUT2D eigenvalue weighted by Crippen LogP contribution is -2.37. The molecular formula is C10H20N2. The standard InChI is InChI=1S/C10H20N2/c1-5-6-7-9(12-11)8-10(2,3)4/h1,9,12H,6-8,11H2,2-4H3. The Labute approximate surface area is 75.9 Å². The summed E-state index contributed by atoms with van der Waals surface area (Å²) >= 11 is 0. The first kappa shape index (κ1) is 11.5. The third-order valence-electron chi connectivity index (χ3n) is 1.73. The minimum absolute atomic E-state index is 0.311. The summed E-state index contributed by atoms with van der Waals surface area (Å²) in [6, 6.07) is 0.348. The van der Waals surface area contributed by atoms with E-state index < -0.39 is 0 Å². The summed E-state index contributed by atoms with van der Waals surface area (Å²) in [5.41, 5.74) is 3.11. The van der Waals surface area contributed by atoms with Crippen LogP contribution in [-0.4, -0.2) is 6.04 Å². The molecule has 2 nitrogen and oxygen atoms in total. The molecule has 1 atom stereocenters. The van der Waals surface area contributed by atoms with Crippen LogP contribution in [0.15, 0.2) is 0 Å². The van der Waals surface area contributed by atoms with Crippen molar-refractivity contribution in [2.24, 2.45) is 11.3 Å². The maximum atomic E-state index is 5.40. The SMILES string of the molecule is C#CCCC(CC(C)(C)C)NN. The van der Waals surface area contributed by atoms with Crippen molar-refractivity contribution >= 4 is 0 Å². The molecule has 0 heterocycles. The van der Waals surface area contributed by atoms with Gasteiger partial charge in [0, 0.05) is 12.5 Å². The topological polar surface area (TPSA) is 38.0 Å². The van der Waals surface area contributed by atoms with Crippen LogP contribution in [0.5, 0.6) is 0 Å². The van der Waals surface area contributed by atoms with E-state index in [1.165, 1.54) is 0 Å². The summed E-state index contributed by atoms with van der Waals surface area (Å²) in [6.07, 6.45) is 8.00. The van der Waals surface area contributed by atoms with E-state index in [0.717, 1.165) is 19.3 Å². The van der Waals surface area contributed by atoms with Gasteiger partial charge in [-0.1, -0.05) is 20.8 Å². The minimum atomic E-state index is 0.311. The smallest absolute Gasteiger partial charge is 0.0224 e. The third kappa shape index (κ3) is 6.21. The average molecular weight is 168 g/mol. The maximum Gasteiger partial charge on any atom is 0.0224 e. The van der Waals surface area contributed by atoms with Crippen LogP contribution in [0.2, 0.25) is 0 Å². The van der Waals surface area contributed by atoms with Crippen LogP contribution in [-0.2, 0) is 0 Å².